The smallest absolute Gasteiger partial charge is 0.223 e. The van der Waals surface area contributed by atoms with Gasteiger partial charge in [-0.15, -0.1) is 0 Å². The van der Waals surface area contributed by atoms with Crippen LogP contribution < -0.4 is 4.74 Å². The molecule has 142 valence electrons. The fourth-order valence-electron chi connectivity index (χ4n) is 4.02. The van der Waals surface area contributed by atoms with Crippen LogP contribution in [0.1, 0.15) is 57.1 Å². The summed E-state index contributed by atoms with van der Waals surface area (Å²) >= 11 is 0. The second kappa shape index (κ2) is 8.56. The van der Waals surface area contributed by atoms with E-state index < -0.39 is 0 Å². The molecule has 0 aliphatic carbocycles. The number of carbonyl (C=O) groups is 2. The molecule has 5 nitrogen and oxygen atoms in total. The SMILES string of the molecule is CCC1CCCCN1C(=O)CCc1ccc2c(c1)CN(C(C)=O)CCO2. The number of likely N-dealkylation sites (tertiary alicyclic amines) is 1. The van der Waals surface area contributed by atoms with Crippen molar-refractivity contribution in [2.24, 2.45) is 0 Å². The summed E-state index contributed by atoms with van der Waals surface area (Å²) in [6, 6.07) is 6.54. The van der Waals surface area contributed by atoms with Crippen LogP contribution in [0.25, 0.3) is 0 Å². The van der Waals surface area contributed by atoms with Crippen molar-refractivity contribution in [1.82, 2.24) is 9.80 Å². The molecule has 1 aromatic carbocycles. The van der Waals surface area contributed by atoms with E-state index >= 15 is 0 Å². The van der Waals surface area contributed by atoms with Gasteiger partial charge in [-0.25, -0.2) is 0 Å². The Hall–Kier alpha value is -2.04. The van der Waals surface area contributed by atoms with Gasteiger partial charge in [0.1, 0.15) is 12.4 Å². The molecule has 0 bridgehead atoms. The monoisotopic (exact) mass is 358 g/mol. The number of carbonyl (C=O) groups excluding carboxylic acids is 2. The lowest BCUT2D eigenvalue weighted by Crippen LogP contribution is -2.43. The average molecular weight is 358 g/mol. The highest BCUT2D eigenvalue weighted by Crippen LogP contribution is 2.26. The van der Waals surface area contributed by atoms with Gasteiger partial charge in [0, 0.05) is 38.0 Å². The van der Waals surface area contributed by atoms with Gasteiger partial charge in [-0.1, -0.05) is 19.1 Å². The first kappa shape index (κ1) is 18.7. The van der Waals surface area contributed by atoms with Crippen molar-refractivity contribution in [3.63, 3.8) is 0 Å². The second-order valence-corrected chi connectivity index (χ2v) is 7.38. The molecule has 3 rings (SSSR count). The van der Waals surface area contributed by atoms with E-state index in [0.29, 0.717) is 32.2 Å². The molecule has 1 unspecified atom stereocenters. The fourth-order valence-corrected chi connectivity index (χ4v) is 4.02. The van der Waals surface area contributed by atoms with E-state index in [4.69, 9.17) is 4.74 Å². The Balaban J connectivity index is 1.63. The number of ether oxygens (including phenoxy) is 1. The summed E-state index contributed by atoms with van der Waals surface area (Å²) in [5, 5.41) is 0. The van der Waals surface area contributed by atoms with Crippen molar-refractivity contribution in [3.8, 4) is 5.75 Å². The first-order valence-electron chi connectivity index (χ1n) is 9.88. The predicted octanol–water partition coefficient (Wildman–Crippen LogP) is 3.15. The van der Waals surface area contributed by atoms with Crippen molar-refractivity contribution in [2.45, 2.75) is 65.0 Å². The first-order chi connectivity index (χ1) is 12.6. The lowest BCUT2D eigenvalue weighted by Gasteiger charge is -2.35. The predicted molar refractivity (Wildman–Crippen MR) is 101 cm³/mol. The number of piperidine rings is 1. The summed E-state index contributed by atoms with van der Waals surface area (Å²) in [5.74, 6) is 1.19. The highest BCUT2D eigenvalue weighted by atomic mass is 16.5. The summed E-state index contributed by atoms with van der Waals surface area (Å²) in [6.45, 7) is 6.39. The quantitative estimate of drug-likeness (QED) is 0.831. The van der Waals surface area contributed by atoms with Crippen molar-refractivity contribution in [1.29, 1.82) is 0 Å². The van der Waals surface area contributed by atoms with Gasteiger partial charge < -0.3 is 14.5 Å². The van der Waals surface area contributed by atoms with E-state index in [2.05, 4.69) is 17.9 Å². The molecule has 0 radical (unpaired) electrons. The number of rotatable bonds is 4. The van der Waals surface area contributed by atoms with Gasteiger partial charge in [-0.2, -0.15) is 0 Å². The molecule has 2 heterocycles. The molecule has 1 saturated heterocycles. The van der Waals surface area contributed by atoms with E-state index in [1.54, 1.807) is 11.8 Å². The molecule has 0 spiro atoms. The summed E-state index contributed by atoms with van der Waals surface area (Å²) < 4.78 is 5.76. The van der Waals surface area contributed by atoms with Crippen LogP contribution in [0.15, 0.2) is 18.2 Å². The minimum absolute atomic E-state index is 0.0673. The molecule has 2 aliphatic heterocycles. The lowest BCUT2D eigenvalue weighted by molar-refractivity contribution is -0.135. The van der Waals surface area contributed by atoms with Crippen molar-refractivity contribution >= 4 is 11.8 Å². The first-order valence-corrected chi connectivity index (χ1v) is 9.88. The van der Waals surface area contributed by atoms with Crippen molar-refractivity contribution < 1.29 is 14.3 Å². The Morgan fingerprint density at radius 3 is 2.85 bits per heavy atom. The Bertz CT molecular complexity index is 659. The van der Waals surface area contributed by atoms with Gasteiger partial charge in [0.2, 0.25) is 11.8 Å². The Labute approximate surface area is 156 Å². The number of aryl methyl sites for hydroxylation is 1. The minimum Gasteiger partial charge on any atom is -0.491 e. The number of amides is 2. The number of nitrogens with zero attached hydrogens (tertiary/aromatic N) is 2. The Morgan fingerprint density at radius 2 is 2.08 bits per heavy atom. The number of fused-ring (bicyclic) bond motifs is 1. The van der Waals surface area contributed by atoms with Gasteiger partial charge in [-0.05, 0) is 43.7 Å². The van der Waals surface area contributed by atoms with Crippen LogP contribution in [-0.2, 0) is 22.6 Å². The lowest BCUT2D eigenvalue weighted by atomic mass is 9.98. The van der Waals surface area contributed by atoms with Crippen LogP contribution in [-0.4, -0.2) is 47.4 Å². The molecular formula is C21H30N2O3. The summed E-state index contributed by atoms with van der Waals surface area (Å²) in [6.07, 6.45) is 5.83. The molecule has 2 aliphatic rings. The highest BCUT2D eigenvalue weighted by Gasteiger charge is 2.25. The van der Waals surface area contributed by atoms with E-state index in [1.807, 2.05) is 12.1 Å². The maximum Gasteiger partial charge on any atom is 0.223 e. The molecule has 0 N–H and O–H groups in total. The van der Waals surface area contributed by atoms with Crippen LogP contribution in [0.3, 0.4) is 0 Å². The van der Waals surface area contributed by atoms with Crippen LogP contribution >= 0.6 is 0 Å². The van der Waals surface area contributed by atoms with Crippen molar-refractivity contribution in [3.05, 3.63) is 29.3 Å². The topological polar surface area (TPSA) is 49.9 Å². The molecule has 0 aromatic heterocycles. The van der Waals surface area contributed by atoms with E-state index in [0.717, 1.165) is 49.1 Å². The van der Waals surface area contributed by atoms with Crippen molar-refractivity contribution in [2.75, 3.05) is 19.7 Å². The van der Waals surface area contributed by atoms with Gasteiger partial charge in [0.25, 0.3) is 0 Å². The highest BCUT2D eigenvalue weighted by molar-refractivity contribution is 5.77. The molecule has 5 heteroatoms. The molecule has 1 atom stereocenters. The second-order valence-electron chi connectivity index (χ2n) is 7.38. The number of hydrogen-bond acceptors (Lipinski definition) is 3. The summed E-state index contributed by atoms with van der Waals surface area (Å²) in [4.78, 5) is 28.3. The standard InChI is InChI=1S/C21H30N2O3/c1-3-19-6-4-5-11-23(19)21(25)10-8-17-7-9-20-18(14-17)15-22(16(2)24)12-13-26-20/h7,9,14,19H,3-6,8,10-13,15H2,1-2H3. The Morgan fingerprint density at radius 1 is 1.23 bits per heavy atom. The molecular weight excluding hydrogens is 328 g/mol. The van der Waals surface area contributed by atoms with E-state index in [9.17, 15) is 9.59 Å². The zero-order valence-corrected chi connectivity index (χ0v) is 16.0. The third-order valence-corrected chi connectivity index (χ3v) is 5.60. The molecule has 1 fully saturated rings. The largest absolute Gasteiger partial charge is 0.491 e. The Kier molecular flexibility index (Phi) is 6.17. The third kappa shape index (κ3) is 4.37. The maximum absolute atomic E-state index is 12.7. The van der Waals surface area contributed by atoms with Gasteiger partial charge in [0.15, 0.2) is 0 Å². The summed E-state index contributed by atoms with van der Waals surface area (Å²) in [5.41, 5.74) is 2.17. The summed E-state index contributed by atoms with van der Waals surface area (Å²) in [7, 11) is 0. The molecule has 1 aromatic rings. The molecule has 26 heavy (non-hydrogen) atoms. The zero-order chi connectivity index (χ0) is 18.5. The zero-order valence-electron chi connectivity index (χ0n) is 16.0. The molecule has 0 saturated carbocycles. The van der Waals surface area contributed by atoms with E-state index in [-0.39, 0.29) is 11.8 Å². The maximum atomic E-state index is 12.7. The number of hydrogen-bond donors (Lipinski definition) is 0. The van der Waals surface area contributed by atoms with Gasteiger partial charge in [-0.3, -0.25) is 9.59 Å². The number of benzene rings is 1. The van der Waals surface area contributed by atoms with Crippen LogP contribution in [0.4, 0.5) is 0 Å². The van der Waals surface area contributed by atoms with Crippen LogP contribution in [0.5, 0.6) is 5.75 Å². The van der Waals surface area contributed by atoms with Gasteiger partial charge >= 0.3 is 0 Å². The van der Waals surface area contributed by atoms with E-state index in [1.165, 1.54) is 6.42 Å². The fraction of sp³-hybridized carbons (Fsp3) is 0.619. The van der Waals surface area contributed by atoms with Gasteiger partial charge in [0.05, 0.1) is 6.54 Å². The third-order valence-electron chi connectivity index (χ3n) is 5.60. The minimum atomic E-state index is 0.0673. The average Bonchev–Trinajstić information content (AvgIpc) is 2.88. The normalized spacial score (nSPS) is 20.2. The molecule has 2 amide bonds. The van der Waals surface area contributed by atoms with Crippen LogP contribution in [0.2, 0.25) is 0 Å². The van der Waals surface area contributed by atoms with Crippen LogP contribution in [0, 0.1) is 0 Å².